The van der Waals surface area contributed by atoms with Crippen LogP contribution in [0.15, 0.2) is 36.4 Å². The van der Waals surface area contributed by atoms with Crippen molar-refractivity contribution in [1.29, 1.82) is 0 Å². The fourth-order valence-electron chi connectivity index (χ4n) is 4.19. The first-order valence-electron chi connectivity index (χ1n) is 11.4. The topological polar surface area (TPSA) is 36.9 Å². The van der Waals surface area contributed by atoms with Crippen LogP contribution in [0.2, 0.25) is 0 Å². The van der Waals surface area contributed by atoms with Gasteiger partial charge in [-0.25, -0.2) is 0 Å². The van der Waals surface area contributed by atoms with Crippen LogP contribution in [0.3, 0.4) is 0 Å². The minimum Gasteiger partial charge on any atom is -0.382 e. The summed E-state index contributed by atoms with van der Waals surface area (Å²) in [4.78, 5) is 2.54. The summed E-state index contributed by atoms with van der Waals surface area (Å²) >= 11 is 1.85. The van der Waals surface area contributed by atoms with Gasteiger partial charge in [-0.15, -0.1) is 11.3 Å². The zero-order valence-corrected chi connectivity index (χ0v) is 21.6. The van der Waals surface area contributed by atoms with Crippen molar-refractivity contribution < 1.29 is 18.9 Å². The highest BCUT2D eigenvalue weighted by molar-refractivity contribution is 7.19. The first kappa shape index (κ1) is 25.6. The van der Waals surface area contributed by atoms with Crippen LogP contribution >= 0.6 is 11.3 Å². The Bertz CT molecular complexity index is 932. The van der Waals surface area contributed by atoms with Crippen molar-refractivity contribution >= 4 is 11.3 Å². The second kappa shape index (κ2) is 12.4. The van der Waals surface area contributed by atoms with Gasteiger partial charge in [-0.3, -0.25) is 0 Å². The summed E-state index contributed by atoms with van der Waals surface area (Å²) in [6, 6.07) is 13.0. The zero-order chi connectivity index (χ0) is 23.8. The fourth-order valence-corrected chi connectivity index (χ4v) is 5.85. The van der Waals surface area contributed by atoms with Gasteiger partial charge in [0, 0.05) is 35.1 Å². The average molecular weight is 469 g/mol. The molecule has 0 aliphatic rings. The minimum atomic E-state index is 0.525. The summed E-state index contributed by atoms with van der Waals surface area (Å²) in [5.74, 6) is 0. The quantitative estimate of drug-likeness (QED) is 0.279. The van der Waals surface area contributed by atoms with Crippen LogP contribution in [0.4, 0.5) is 0 Å². The van der Waals surface area contributed by atoms with Gasteiger partial charge in [0.15, 0.2) is 0 Å². The number of hydrogen-bond donors (Lipinski definition) is 0. The molecule has 0 N–H and O–H groups in total. The Morgan fingerprint density at radius 2 is 0.939 bits per heavy atom. The molecule has 4 nitrogen and oxygen atoms in total. The highest BCUT2D eigenvalue weighted by Crippen LogP contribution is 2.46. The molecule has 5 heteroatoms. The first-order chi connectivity index (χ1) is 16.0. The Morgan fingerprint density at radius 3 is 1.27 bits per heavy atom. The molecule has 0 amide bonds. The van der Waals surface area contributed by atoms with Crippen LogP contribution in [-0.2, 0) is 32.2 Å². The number of benzene rings is 2. The number of hydrogen-bond acceptors (Lipinski definition) is 5. The van der Waals surface area contributed by atoms with E-state index in [1.54, 1.807) is 14.2 Å². The monoisotopic (exact) mass is 468 g/mol. The molecule has 178 valence electrons. The number of methoxy groups -OCH3 is 2. The molecular weight excluding hydrogens is 432 g/mol. The van der Waals surface area contributed by atoms with Crippen LogP contribution in [0.25, 0.3) is 20.9 Å². The molecule has 0 unspecified atom stereocenters. The van der Waals surface area contributed by atoms with Crippen molar-refractivity contribution in [3.63, 3.8) is 0 Å². The van der Waals surface area contributed by atoms with E-state index in [9.17, 15) is 0 Å². The largest absolute Gasteiger partial charge is 0.382 e. The van der Waals surface area contributed by atoms with Gasteiger partial charge in [-0.2, -0.15) is 0 Å². The molecule has 33 heavy (non-hydrogen) atoms. The minimum absolute atomic E-state index is 0.525. The van der Waals surface area contributed by atoms with Crippen LogP contribution in [0.1, 0.15) is 33.4 Å². The Morgan fingerprint density at radius 1 is 0.576 bits per heavy atom. The molecule has 0 bridgehead atoms. The van der Waals surface area contributed by atoms with Crippen molar-refractivity contribution in [1.82, 2.24) is 0 Å². The Labute approximate surface area is 202 Å². The highest BCUT2D eigenvalue weighted by atomic mass is 32.1. The summed E-state index contributed by atoms with van der Waals surface area (Å²) in [5, 5.41) is 0. The van der Waals surface area contributed by atoms with Gasteiger partial charge in [0.25, 0.3) is 0 Å². The molecule has 0 spiro atoms. The molecule has 0 saturated carbocycles. The van der Waals surface area contributed by atoms with Gasteiger partial charge in [-0.05, 0) is 61.1 Å². The van der Waals surface area contributed by atoms with E-state index in [0.717, 1.165) is 0 Å². The molecule has 2 aromatic carbocycles. The maximum absolute atomic E-state index is 6.08. The molecular formula is C28H36O4S. The van der Waals surface area contributed by atoms with Gasteiger partial charge >= 0.3 is 0 Å². The molecule has 0 saturated heterocycles. The van der Waals surface area contributed by atoms with E-state index in [4.69, 9.17) is 18.9 Å². The van der Waals surface area contributed by atoms with Gasteiger partial charge in [0.2, 0.25) is 0 Å². The van der Waals surface area contributed by atoms with E-state index in [0.29, 0.717) is 39.6 Å². The first-order valence-corrected chi connectivity index (χ1v) is 12.2. The van der Waals surface area contributed by atoms with Crippen LogP contribution < -0.4 is 0 Å². The molecule has 0 atom stereocenters. The van der Waals surface area contributed by atoms with E-state index >= 15 is 0 Å². The van der Waals surface area contributed by atoms with E-state index in [2.05, 4.69) is 64.1 Å². The van der Waals surface area contributed by atoms with Gasteiger partial charge < -0.3 is 18.9 Å². The van der Waals surface area contributed by atoms with Crippen molar-refractivity contribution in [2.75, 3.05) is 40.6 Å². The van der Waals surface area contributed by atoms with Crippen molar-refractivity contribution in [2.24, 2.45) is 0 Å². The molecule has 3 rings (SSSR count). The van der Waals surface area contributed by atoms with Gasteiger partial charge in [0.1, 0.15) is 0 Å². The maximum Gasteiger partial charge on any atom is 0.0736 e. The average Bonchev–Trinajstić information content (AvgIpc) is 3.11. The molecule has 3 aromatic rings. The fraction of sp³-hybridized carbons (Fsp3) is 0.429. The smallest absolute Gasteiger partial charge is 0.0736 e. The second-order valence-corrected chi connectivity index (χ2v) is 9.36. The summed E-state index contributed by atoms with van der Waals surface area (Å²) < 4.78 is 22.6. The lowest BCUT2D eigenvalue weighted by atomic mass is 9.94. The summed E-state index contributed by atoms with van der Waals surface area (Å²) in [5.41, 5.74) is 10.1. The van der Waals surface area contributed by atoms with Gasteiger partial charge in [0.05, 0.1) is 39.6 Å². The van der Waals surface area contributed by atoms with E-state index < -0.39 is 0 Å². The van der Waals surface area contributed by atoms with Gasteiger partial charge in [-0.1, -0.05) is 36.4 Å². The van der Waals surface area contributed by atoms with Crippen molar-refractivity contribution in [3.05, 3.63) is 69.8 Å². The Balaban J connectivity index is 2.19. The lowest BCUT2D eigenvalue weighted by Gasteiger charge is -2.14. The van der Waals surface area contributed by atoms with E-state index in [1.807, 2.05) is 11.3 Å². The standard InChI is InChI=1S/C28H36O4S/c1-19-9-7-10-20(2)25(19)27-23(17-31-15-13-29-5)24(18-32-16-14-30-6)28(33-27)26-21(3)11-8-12-22(26)4/h7-12H,13-18H2,1-6H3. The second-order valence-electron chi connectivity index (χ2n) is 8.34. The number of ether oxygens (including phenoxy) is 4. The molecule has 0 radical (unpaired) electrons. The number of aryl methyl sites for hydroxylation is 4. The van der Waals surface area contributed by atoms with Crippen LogP contribution in [0, 0.1) is 27.7 Å². The Hall–Kier alpha value is -2.02. The Kier molecular flexibility index (Phi) is 9.65. The third-order valence-corrected chi connectivity index (χ3v) is 7.20. The lowest BCUT2D eigenvalue weighted by molar-refractivity contribution is 0.0539. The van der Waals surface area contributed by atoms with Crippen LogP contribution in [-0.4, -0.2) is 40.6 Å². The highest BCUT2D eigenvalue weighted by Gasteiger charge is 2.24. The van der Waals surface area contributed by atoms with Crippen LogP contribution in [0.5, 0.6) is 0 Å². The van der Waals surface area contributed by atoms with Crippen molar-refractivity contribution in [3.8, 4) is 20.9 Å². The summed E-state index contributed by atoms with van der Waals surface area (Å²) in [6.07, 6.45) is 0. The molecule has 0 fully saturated rings. The summed E-state index contributed by atoms with van der Waals surface area (Å²) in [7, 11) is 3.40. The molecule has 0 aliphatic heterocycles. The molecule has 1 heterocycles. The maximum atomic E-state index is 6.08. The third kappa shape index (κ3) is 6.11. The predicted molar refractivity (Wildman–Crippen MR) is 137 cm³/mol. The molecule has 0 aliphatic carbocycles. The number of thiophene rings is 1. The SMILES string of the molecule is COCCOCc1c(-c2c(C)cccc2C)sc(-c2c(C)cccc2C)c1COCCOC. The number of rotatable bonds is 12. The zero-order valence-electron chi connectivity index (χ0n) is 20.7. The lowest BCUT2D eigenvalue weighted by Crippen LogP contribution is -2.07. The van der Waals surface area contributed by atoms with E-state index in [1.165, 1.54) is 54.3 Å². The third-order valence-electron chi connectivity index (χ3n) is 5.89. The summed E-state index contributed by atoms with van der Waals surface area (Å²) in [6.45, 7) is 12.1. The predicted octanol–water partition coefficient (Wildman–Crippen LogP) is 6.64. The normalized spacial score (nSPS) is 11.3. The van der Waals surface area contributed by atoms with Crippen molar-refractivity contribution in [2.45, 2.75) is 40.9 Å². The van der Waals surface area contributed by atoms with E-state index in [-0.39, 0.29) is 0 Å². The molecule has 1 aromatic heterocycles.